The van der Waals surface area contributed by atoms with Gasteiger partial charge in [0.15, 0.2) is 5.13 Å². The molecule has 1 aromatic heterocycles. The second kappa shape index (κ2) is 7.88. The fraction of sp³-hybridized carbons (Fsp3) is 0.400. The number of carbonyl (C=O) groups is 4. The number of carboxylic acids is 1. The van der Waals surface area contributed by atoms with Crippen molar-refractivity contribution in [1.82, 2.24) is 15.2 Å². The molecule has 1 saturated heterocycles. The van der Waals surface area contributed by atoms with Gasteiger partial charge in [0, 0.05) is 23.8 Å². The van der Waals surface area contributed by atoms with Crippen molar-refractivity contribution >= 4 is 52.1 Å². The minimum Gasteiger partial charge on any atom is -0.477 e. The zero-order valence-corrected chi connectivity index (χ0v) is 16.7. The Morgan fingerprint density at radius 2 is 2.21 bits per heavy atom. The van der Waals surface area contributed by atoms with Crippen LogP contribution in [0.15, 0.2) is 16.7 Å². The highest BCUT2D eigenvalue weighted by atomic mass is 32.2. The minimum absolute atomic E-state index is 0.122. The molecule has 14 heteroatoms. The third-order valence-electron chi connectivity index (χ3n) is 4.26. The minimum atomic E-state index is -1.72. The highest BCUT2D eigenvalue weighted by Gasteiger charge is 2.66. The molecule has 2 aliphatic heterocycles. The van der Waals surface area contributed by atoms with E-state index in [9.17, 15) is 24.3 Å². The Bertz CT molecular complexity index is 917. The number of nitrogens with one attached hydrogen (secondary N) is 1. The third kappa shape index (κ3) is 3.73. The van der Waals surface area contributed by atoms with Crippen molar-refractivity contribution in [1.29, 1.82) is 0 Å². The SMILES string of the molecule is CO[C@@]1(NC(=O)Cc2csc(N)n2)C(=O)N2C(C(=O)O)=C(COC(N)=O)CS[C@H]21. The van der Waals surface area contributed by atoms with Crippen LogP contribution in [-0.2, 0) is 30.3 Å². The molecule has 0 unspecified atom stereocenters. The first kappa shape index (κ1) is 20.9. The molecule has 6 N–H and O–H groups in total. The van der Waals surface area contributed by atoms with Crippen LogP contribution in [0.1, 0.15) is 5.69 Å². The lowest BCUT2D eigenvalue weighted by Crippen LogP contribution is -2.80. The van der Waals surface area contributed by atoms with Crippen LogP contribution in [0, 0.1) is 0 Å². The maximum Gasteiger partial charge on any atom is 0.404 e. The summed E-state index contributed by atoms with van der Waals surface area (Å²) in [6.45, 7) is -0.363. The smallest absolute Gasteiger partial charge is 0.404 e. The van der Waals surface area contributed by atoms with Crippen molar-refractivity contribution in [2.45, 2.75) is 17.5 Å². The van der Waals surface area contributed by atoms with Gasteiger partial charge in [-0.15, -0.1) is 23.1 Å². The first-order chi connectivity index (χ1) is 13.7. The van der Waals surface area contributed by atoms with Crippen molar-refractivity contribution in [2.75, 3.05) is 25.2 Å². The van der Waals surface area contributed by atoms with Crippen molar-refractivity contribution in [3.05, 3.63) is 22.3 Å². The molecule has 156 valence electrons. The van der Waals surface area contributed by atoms with Gasteiger partial charge in [-0.1, -0.05) is 0 Å². The zero-order chi connectivity index (χ0) is 21.3. The number of aliphatic carboxylic acids is 1. The van der Waals surface area contributed by atoms with Crippen LogP contribution in [-0.4, -0.2) is 69.4 Å². The van der Waals surface area contributed by atoms with E-state index < -0.39 is 35.0 Å². The Morgan fingerprint density at radius 3 is 2.76 bits per heavy atom. The molecule has 0 aromatic carbocycles. The lowest BCUT2D eigenvalue weighted by Gasteiger charge is -2.55. The number of fused-ring (bicyclic) bond motifs is 1. The largest absolute Gasteiger partial charge is 0.477 e. The predicted molar refractivity (Wildman–Crippen MR) is 101 cm³/mol. The Balaban J connectivity index is 1.80. The summed E-state index contributed by atoms with van der Waals surface area (Å²) < 4.78 is 9.99. The first-order valence-electron chi connectivity index (χ1n) is 8.08. The summed E-state index contributed by atoms with van der Waals surface area (Å²) in [7, 11) is 1.24. The van der Waals surface area contributed by atoms with Gasteiger partial charge in [-0.25, -0.2) is 14.6 Å². The van der Waals surface area contributed by atoms with Gasteiger partial charge in [0.25, 0.3) is 11.6 Å². The van der Waals surface area contributed by atoms with Crippen LogP contribution in [0.2, 0.25) is 0 Å². The van der Waals surface area contributed by atoms with Crippen LogP contribution in [0.3, 0.4) is 0 Å². The molecule has 0 saturated carbocycles. The molecule has 12 nitrogen and oxygen atoms in total. The van der Waals surface area contributed by atoms with Crippen LogP contribution < -0.4 is 16.8 Å². The molecule has 3 amide bonds. The maximum atomic E-state index is 12.8. The molecule has 0 spiro atoms. The van der Waals surface area contributed by atoms with Gasteiger partial charge in [0.2, 0.25) is 5.91 Å². The number of aromatic nitrogens is 1. The number of nitrogens with two attached hydrogens (primary N) is 2. The van der Waals surface area contributed by atoms with Gasteiger partial charge >= 0.3 is 12.1 Å². The monoisotopic (exact) mass is 443 g/mol. The number of anilines is 1. The molecule has 0 bridgehead atoms. The van der Waals surface area contributed by atoms with Crippen LogP contribution in [0.25, 0.3) is 0 Å². The lowest BCUT2D eigenvalue weighted by atomic mass is 9.98. The number of nitrogen functional groups attached to an aromatic ring is 1. The van der Waals surface area contributed by atoms with Crippen molar-refractivity contribution in [2.24, 2.45) is 5.73 Å². The number of thiazole rings is 1. The molecule has 0 radical (unpaired) electrons. The summed E-state index contributed by atoms with van der Waals surface area (Å²) in [6, 6.07) is 0. The third-order valence-corrected chi connectivity index (χ3v) is 6.36. The van der Waals surface area contributed by atoms with Crippen molar-refractivity contribution < 1.29 is 33.8 Å². The average molecular weight is 443 g/mol. The summed E-state index contributed by atoms with van der Waals surface area (Å²) in [6.07, 6.45) is -1.19. The van der Waals surface area contributed by atoms with E-state index in [1.807, 2.05) is 0 Å². The molecule has 2 atom stereocenters. The number of thioether (sulfide) groups is 1. The summed E-state index contributed by atoms with van der Waals surface area (Å²) in [5, 5.41) is 13.2. The molecular weight excluding hydrogens is 426 g/mol. The standard InChI is InChI=1S/C15H17N5O7S2/c1-26-15(19-8(21)2-7-5-29-13(16)18-7)11(24)20-9(10(22)23)6(3-27-14(17)25)4-28-12(15)20/h5,12H,2-4H2,1H3,(H2,16,18)(H2,17,25)(H,19,21)(H,22,23)/t12-,15-/m0/s1. The molecule has 3 heterocycles. The summed E-state index contributed by atoms with van der Waals surface area (Å²) in [5.41, 5.74) is 9.06. The number of ether oxygens (including phenoxy) is 2. The van der Waals surface area contributed by atoms with Gasteiger partial charge in [0.05, 0.1) is 12.1 Å². The lowest BCUT2D eigenvalue weighted by molar-refractivity contribution is -0.192. The van der Waals surface area contributed by atoms with E-state index in [1.54, 1.807) is 5.38 Å². The maximum absolute atomic E-state index is 12.8. The van der Waals surface area contributed by atoms with E-state index in [0.29, 0.717) is 10.8 Å². The highest BCUT2D eigenvalue weighted by Crippen LogP contribution is 2.46. The van der Waals surface area contributed by atoms with Gasteiger partial charge < -0.3 is 31.4 Å². The quantitative estimate of drug-likeness (QED) is 0.303. The number of carboxylic acid groups (broad SMARTS) is 1. The van der Waals surface area contributed by atoms with Gasteiger partial charge in [-0.05, 0) is 0 Å². The number of methoxy groups -OCH3 is 1. The van der Waals surface area contributed by atoms with E-state index in [4.69, 9.17) is 16.2 Å². The Hall–Kier alpha value is -2.84. The number of nitrogens with zero attached hydrogens (tertiary/aromatic N) is 2. The van der Waals surface area contributed by atoms with E-state index in [-0.39, 0.29) is 30.1 Å². The second-order valence-corrected chi connectivity index (χ2v) is 8.00. The number of primary amides is 1. The number of hydrogen-bond donors (Lipinski definition) is 4. The molecule has 2 aliphatic rings. The summed E-state index contributed by atoms with van der Waals surface area (Å²) >= 11 is 2.34. The van der Waals surface area contributed by atoms with E-state index in [2.05, 4.69) is 15.0 Å². The fourth-order valence-corrected chi connectivity index (χ4v) is 5.01. The Morgan fingerprint density at radius 1 is 1.48 bits per heavy atom. The van der Waals surface area contributed by atoms with Crippen LogP contribution in [0.5, 0.6) is 0 Å². The van der Waals surface area contributed by atoms with Crippen LogP contribution in [0.4, 0.5) is 9.93 Å². The van der Waals surface area contributed by atoms with Crippen molar-refractivity contribution in [3.63, 3.8) is 0 Å². The number of carbonyl (C=O) groups excluding carboxylic acids is 3. The Kier molecular flexibility index (Phi) is 5.68. The normalized spacial score (nSPS) is 23.3. The van der Waals surface area contributed by atoms with Crippen LogP contribution >= 0.6 is 23.1 Å². The average Bonchev–Trinajstić information content (AvgIpc) is 3.07. The van der Waals surface area contributed by atoms with Gasteiger partial charge in [-0.3, -0.25) is 14.5 Å². The fourth-order valence-electron chi connectivity index (χ4n) is 3.03. The number of rotatable bonds is 7. The number of hydrogen-bond acceptors (Lipinski definition) is 10. The molecule has 0 aliphatic carbocycles. The van der Waals surface area contributed by atoms with E-state index in [1.165, 1.54) is 18.4 Å². The number of amides is 3. The second-order valence-electron chi connectivity index (χ2n) is 6.05. The molecule has 3 rings (SSSR count). The first-order valence-corrected chi connectivity index (χ1v) is 10.0. The van der Waals surface area contributed by atoms with E-state index in [0.717, 1.165) is 16.7 Å². The summed E-state index contributed by atoms with van der Waals surface area (Å²) in [5.74, 6) is -2.53. The van der Waals surface area contributed by atoms with Gasteiger partial charge in [-0.2, -0.15) is 0 Å². The predicted octanol–water partition coefficient (Wildman–Crippen LogP) is -0.924. The van der Waals surface area contributed by atoms with Crippen molar-refractivity contribution in [3.8, 4) is 0 Å². The zero-order valence-electron chi connectivity index (χ0n) is 15.0. The summed E-state index contributed by atoms with van der Waals surface area (Å²) in [4.78, 5) is 52.8. The Labute approximate surface area is 172 Å². The highest BCUT2D eigenvalue weighted by molar-refractivity contribution is 8.00. The van der Waals surface area contributed by atoms with Gasteiger partial charge in [0.1, 0.15) is 17.7 Å². The molecule has 1 aromatic rings. The molecule has 29 heavy (non-hydrogen) atoms. The molecule has 1 fully saturated rings. The van der Waals surface area contributed by atoms with E-state index >= 15 is 0 Å². The number of β-lactam (4-membered cyclic amide) rings is 1. The molecular formula is C15H17N5O7S2. The topological polar surface area (TPSA) is 187 Å².